The average Bonchev–Trinajstić information content (AvgIpc) is 2.60. The van der Waals surface area contributed by atoms with E-state index in [1.165, 1.54) is 24.3 Å². The fourth-order valence-corrected chi connectivity index (χ4v) is 3.74. The normalized spacial score (nSPS) is 11.1. The van der Waals surface area contributed by atoms with Crippen molar-refractivity contribution in [3.63, 3.8) is 0 Å². The van der Waals surface area contributed by atoms with Gasteiger partial charge in [-0.05, 0) is 36.8 Å². The molecule has 0 bridgehead atoms. The molecule has 0 aliphatic rings. The number of nitrogens with zero attached hydrogens (tertiary/aromatic N) is 1. The molecule has 0 unspecified atom stereocenters. The van der Waals surface area contributed by atoms with E-state index in [2.05, 4.69) is 10.0 Å². The molecular formula is C16H15Cl2N3O5S. The van der Waals surface area contributed by atoms with Crippen molar-refractivity contribution in [3.05, 3.63) is 62.1 Å². The van der Waals surface area contributed by atoms with Gasteiger partial charge in [0, 0.05) is 23.3 Å². The highest BCUT2D eigenvalue weighted by Gasteiger charge is 2.29. The highest BCUT2D eigenvalue weighted by atomic mass is 35.5. The summed E-state index contributed by atoms with van der Waals surface area (Å²) in [5.74, 6) is -0.625. The van der Waals surface area contributed by atoms with Crippen LogP contribution < -0.4 is 10.0 Å². The maximum Gasteiger partial charge on any atom is 0.291 e. The summed E-state index contributed by atoms with van der Waals surface area (Å²) < 4.78 is 27.6. The van der Waals surface area contributed by atoms with E-state index < -0.39 is 31.4 Å². The Morgan fingerprint density at radius 1 is 1.19 bits per heavy atom. The van der Waals surface area contributed by atoms with Crippen LogP contribution in [0.4, 0.5) is 11.4 Å². The van der Waals surface area contributed by atoms with Crippen LogP contribution in [0.5, 0.6) is 0 Å². The number of sulfonamides is 1. The number of amides is 1. The first kappa shape index (κ1) is 20.9. The van der Waals surface area contributed by atoms with Gasteiger partial charge in [-0.15, -0.1) is 0 Å². The molecule has 0 aliphatic carbocycles. The topological polar surface area (TPSA) is 118 Å². The van der Waals surface area contributed by atoms with E-state index in [9.17, 15) is 23.3 Å². The van der Waals surface area contributed by atoms with Gasteiger partial charge in [0.2, 0.25) is 0 Å². The summed E-state index contributed by atoms with van der Waals surface area (Å²) in [5, 5.41) is 14.0. The molecule has 2 rings (SSSR count). The van der Waals surface area contributed by atoms with E-state index in [-0.39, 0.29) is 16.3 Å². The van der Waals surface area contributed by atoms with Crippen LogP contribution >= 0.6 is 23.2 Å². The fourth-order valence-electron chi connectivity index (χ4n) is 2.14. The number of nitro benzene ring substituents is 1. The number of carbonyl (C=O) groups is 1. The number of anilines is 1. The second-order valence-corrected chi connectivity index (χ2v) is 7.92. The highest BCUT2D eigenvalue weighted by Crippen LogP contribution is 2.32. The molecule has 144 valence electrons. The zero-order valence-electron chi connectivity index (χ0n) is 14.0. The maximum absolute atomic E-state index is 12.7. The molecule has 0 saturated carbocycles. The first-order valence-corrected chi connectivity index (χ1v) is 9.94. The predicted molar refractivity (Wildman–Crippen MR) is 103 cm³/mol. The number of rotatable bonds is 7. The summed E-state index contributed by atoms with van der Waals surface area (Å²) in [6.07, 6.45) is 0.652. The van der Waals surface area contributed by atoms with Crippen molar-refractivity contribution in [2.45, 2.75) is 18.2 Å². The molecule has 0 saturated heterocycles. The van der Waals surface area contributed by atoms with Gasteiger partial charge in [0.25, 0.3) is 21.6 Å². The summed E-state index contributed by atoms with van der Waals surface area (Å²) >= 11 is 11.7. The van der Waals surface area contributed by atoms with Gasteiger partial charge in [0.15, 0.2) is 4.90 Å². The molecule has 0 aliphatic heterocycles. The summed E-state index contributed by atoms with van der Waals surface area (Å²) in [6, 6.07) is 7.45. The van der Waals surface area contributed by atoms with Gasteiger partial charge in [0.05, 0.1) is 15.5 Å². The Labute approximate surface area is 165 Å². The minimum absolute atomic E-state index is 0.153. The lowest BCUT2D eigenvalue weighted by Crippen LogP contribution is -2.25. The number of nitrogens with one attached hydrogen (secondary N) is 2. The summed E-state index contributed by atoms with van der Waals surface area (Å²) in [4.78, 5) is 21.9. The van der Waals surface area contributed by atoms with Gasteiger partial charge in [0.1, 0.15) is 0 Å². The Morgan fingerprint density at radius 3 is 2.37 bits per heavy atom. The molecule has 0 aromatic heterocycles. The molecule has 0 atom stereocenters. The van der Waals surface area contributed by atoms with Gasteiger partial charge < -0.3 is 5.32 Å². The molecule has 27 heavy (non-hydrogen) atoms. The Bertz CT molecular complexity index is 978. The van der Waals surface area contributed by atoms with Crippen molar-refractivity contribution < 1.29 is 18.1 Å². The largest absolute Gasteiger partial charge is 0.352 e. The zero-order valence-corrected chi connectivity index (χ0v) is 16.4. The molecule has 2 aromatic rings. The Kier molecular flexibility index (Phi) is 6.63. The third-order valence-corrected chi connectivity index (χ3v) is 5.39. The monoisotopic (exact) mass is 431 g/mol. The minimum Gasteiger partial charge on any atom is -0.352 e. The van der Waals surface area contributed by atoms with Gasteiger partial charge in [-0.25, -0.2) is 8.42 Å². The van der Waals surface area contributed by atoms with E-state index in [4.69, 9.17) is 23.2 Å². The average molecular weight is 432 g/mol. The van der Waals surface area contributed by atoms with Crippen molar-refractivity contribution >= 4 is 50.5 Å². The zero-order chi connectivity index (χ0) is 20.2. The number of hydrogen-bond donors (Lipinski definition) is 2. The van der Waals surface area contributed by atoms with E-state index in [1.54, 1.807) is 0 Å². The van der Waals surface area contributed by atoms with Crippen molar-refractivity contribution in [3.8, 4) is 0 Å². The first-order chi connectivity index (χ1) is 12.7. The smallest absolute Gasteiger partial charge is 0.291 e. The Balaban J connectivity index is 2.52. The Morgan fingerprint density at radius 2 is 1.81 bits per heavy atom. The van der Waals surface area contributed by atoms with Crippen LogP contribution in [-0.2, 0) is 10.0 Å². The molecule has 2 aromatic carbocycles. The standard InChI is InChI=1S/C16H15Cl2N3O5S/c1-2-7-19-16(22)12-8-15(14(21(23)24)9-13(12)18)27(25,26)20-11-5-3-10(17)4-6-11/h3-6,8-9,20H,2,7H2,1H3,(H,19,22). The van der Waals surface area contributed by atoms with E-state index in [1.807, 2.05) is 6.92 Å². The first-order valence-electron chi connectivity index (χ1n) is 7.70. The molecule has 0 radical (unpaired) electrons. The van der Waals surface area contributed by atoms with Gasteiger partial charge in [-0.1, -0.05) is 30.1 Å². The number of halogens is 2. The van der Waals surface area contributed by atoms with Crippen molar-refractivity contribution in [1.29, 1.82) is 0 Å². The van der Waals surface area contributed by atoms with Crippen LogP contribution in [0, 0.1) is 10.1 Å². The predicted octanol–water partition coefficient (Wildman–Crippen LogP) is 3.84. The molecule has 0 spiro atoms. The van der Waals surface area contributed by atoms with Crippen LogP contribution in [0.15, 0.2) is 41.3 Å². The highest BCUT2D eigenvalue weighted by molar-refractivity contribution is 7.92. The molecule has 0 fully saturated rings. The second-order valence-electron chi connectivity index (χ2n) is 5.43. The van der Waals surface area contributed by atoms with Crippen LogP contribution in [0.2, 0.25) is 10.0 Å². The molecule has 1 amide bonds. The fraction of sp³-hybridized carbons (Fsp3) is 0.188. The molecular weight excluding hydrogens is 417 g/mol. The summed E-state index contributed by atoms with van der Waals surface area (Å²) in [5.41, 5.74) is -0.763. The second kappa shape index (κ2) is 8.55. The molecule has 8 nitrogen and oxygen atoms in total. The van der Waals surface area contributed by atoms with E-state index in [0.717, 1.165) is 12.1 Å². The van der Waals surface area contributed by atoms with Crippen LogP contribution in [0.25, 0.3) is 0 Å². The third kappa shape index (κ3) is 5.09. The van der Waals surface area contributed by atoms with Crippen molar-refractivity contribution in [2.24, 2.45) is 0 Å². The van der Waals surface area contributed by atoms with Gasteiger partial charge in [-0.2, -0.15) is 0 Å². The van der Waals surface area contributed by atoms with Crippen molar-refractivity contribution in [2.75, 3.05) is 11.3 Å². The van der Waals surface area contributed by atoms with Crippen LogP contribution in [0.1, 0.15) is 23.7 Å². The van der Waals surface area contributed by atoms with Crippen LogP contribution in [0.3, 0.4) is 0 Å². The summed E-state index contributed by atoms with van der Waals surface area (Å²) in [6.45, 7) is 2.18. The molecule has 11 heteroatoms. The lowest BCUT2D eigenvalue weighted by molar-refractivity contribution is -0.387. The van der Waals surface area contributed by atoms with Gasteiger partial charge >= 0.3 is 0 Å². The summed E-state index contributed by atoms with van der Waals surface area (Å²) in [7, 11) is -4.37. The maximum atomic E-state index is 12.7. The SMILES string of the molecule is CCCNC(=O)c1cc(S(=O)(=O)Nc2ccc(Cl)cc2)c([N+](=O)[O-])cc1Cl. The quantitative estimate of drug-likeness (QED) is 0.509. The number of hydrogen-bond acceptors (Lipinski definition) is 5. The molecule has 2 N–H and O–H groups in total. The Hall–Kier alpha value is -2.36. The van der Waals surface area contributed by atoms with Crippen molar-refractivity contribution in [1.82, 2.24) is 5.32 Å². The lowest BCUT2D eigenvalue weighted by atomic mass is 10.2. The van der Waals surface area contributed by atoms with E-state index >= 15 is 0 Å². The number of carbonyl (C=O) groups excluding carboxylic acids is 1. The van der Waals surface area contributed by atoms with E-state index in [0.29, 0.717) is 18.0 Å². The van der Waals surface area contributed by atoms with Crippen LogP contribution in [-0.4, -0.2) is 25.8 Å². The minimum atomic E-state index is -4.37. The van der Waals surface area contributed by atoms with Gasteiger partial charge in [-0.3, -0.25) is 19.6 Å². The number of benzene rings is 2. The molecule has 0 heterocycles. The third-order valence-electron chi connectivity index (χ3n) is 3.41. The lowest BCUT2D eigenvalue weighted by Gasteiger charge is -2.11. The number of nitro groups is 1.